The molecule has 0 unspecified atom stereocenters. The van der Waals surface area contributed by atoms with Gasteiger partial charge in [-0.15, -0.1) is 10.2 Å². The van der Waals surface area contributed by atoms with E-state index in [0.717, 1.165) is 37.7 Å². The van der Waals surface area contributed by atoms with Gasteiger partial charge in [0.15, 0.2) is 5.65 Å². The highest BCUT2D eigenvalue weighted by Crippen LogP contribution is 2.22. The molecule has 3 aromatic carbocycles. The number of H-pyrrole nitrogens is 1. The largest absolute Gasteiger partial charge is 0.338 e. The van der Waals surface area contributed by atoms with Crippen molar-refractivity contribution in [2.24, 2.45) is 5.10 Å². The minimum absolute atomic E-state index is 0.328. The van der Waals surface area contributed by atoms with Crippen LogP contribution < -0.4 is 5.43 Å². The van der Waals surface area contributed by atoms with Gasteiger partial charge in [-0.25, -0.2) is 5.43 Å². The highest BCUT2D eigenvalue weighted by atomic mass is 79.9. The molecule has 0 aliphatic rings. The molecule has 0 spiro atoms. The van der Waals surface area contributed by atoms with E-state index in [2.05, 4.69) is 46.6 Å². The number of fused-ring (bicyclic) bond motifs is 3. The first kappa shape index (κ1) is 17.5. The van der Waals surface area contributed by atoms with E-state index in [-0.39, 0.29) is 0 Å². The van der Waals surface area contributed by atoms with Gasteiger partial charge in [0.1, 0.15) is 5.52 Å². The zero-order valence-corrected chi connectivity index (χ0v) is 16.8. The zero-order chi connectivity index (χ0) is 19.6. The summed E-state index contributed by atoms with van der Waals surface area (Å²) in [6.07, 6.45) is 0. The summed E-state index contributed by atoms with van der Waals surface area (Å²) < 4.78 is 1.01. The number of halogens is 1. The average Bonchev–Trinajstić information content (AvgIpc) is 3.14. The van der Waals surface area contributed by atoms with E-state index in [0.29, 0.717) is 11.6 Å². The Hall–Kier alpha value is -3.58. The van der Waals surface area contributed by atoms with Gasteiger partial charge in [0.05, 0.1) is 5.71 Å². The lowest BCUT2D eigenvalue weighted by Gasteiger charge is -2.08. The lowest BCUT2D eigenvalue weighted by atomic mass is 10.0. The highest BCUT2D eigenvalue weighted by molar-refractivity contribution is 9.10. The molecule has 0 fully saturated rings. The van der Waals surface area contributed by atoms with Crippen LogP contribution in [0.25, 0.3) is 22.1 Å². The summed E-state index contributed by atoms with van der Waals surface area (Å²) in [5.41, 5.74) is 8.11. The second kappa shape index (κ2) is 7.44. The molecule has 0 atom stereocenters. The monoisotopic (exact) mass is 442 g/mol. The molecular weight excluding hydrogens is 428 g/mol. The maximum Gasteiger partial charge on any atom is 0.265 e. The van der Waals surface area contributed by atoms with Crippen LogP contribution in [0.2, 0.25) is 0 Å². The van der Waals surface area contributed by atoms with Gasteiger partial charge in [0.25, 0.3) is 5.95 Å². The van der Waals surface area contributed by atoms with Crippen molar-refractivity contribution in [3.8, 4) is 0 Å². The molecule has 2 aromatic heterocycles. The van der Waals surface area contributed by atoms with Crippen LogP contribution in [-0.2, 0) is 0 Å². The number of hydrogen-bond donors (Lipinski definition) is 2. The molecule has 140 valence electrons. The molecule has 5 rings (SSSR count). The Morgan fingerprint density at radius 1 is 0.828 bits per heavy atom. The average molecular weight is 443 g/mol. The Labute approximate surface area is 174 Å². The van der Waals surface area contributed by atoms with Crippen LogP contribution in [0.1, 0.15) is 11.1 Å². The molecule has 0 radical (unpaired) electrons. The predicted molar refractivity (Wildman–Crippen MR) is 119 cm³/mol. The Morgan fingerprint density at radius 2 is 1.55 bits per heavy atom. The third kappa shape index (κ3) is 3.48. The van der Waals surface area contributed by atoms with Crippen LogP contribution >= 0.6 is 15.9 Å². The van der Waals surface area contributed by atoms with Crippen LogP contribution in [0.5, 0.6) is 0 Å². The van der Waals surface area contributed by atoms with Crippen molar-refractivity contribution in [3.63, 3.8) is 0 Å². The van der Waals surface area contributed by atoms with E-state index in [1.54, 1.807) is 0 Å². The van der Waals surface area contributed by atoms with Crippen molar-refractivity contribution in [2.45, 2.75) is 0 Å². The first-order valence-electron chi connectivity index (χ1n) is 9.04. The molecular formula is C22H15BrN6. The molecule has 0 saturated heterocycles. The van der Waals surface area contributed by atoms with Crippen molar-refractivity contribution in [2.75, 3.05) is 5.43 Å². The summed E-state index contributed by atoms with van der Waals surface area (Å²) in [7, 11) is 0. The van der Waals surface area contributed by atoms with E-state index in [1.807, 2.05) is 78.9 Å². The molecule has 0 bridgehead atoms. The van der Waals surface area contributed by atoms with Gasteiger partial charge in [0.2, 0.25) is 0 Å². The standard InChI is InChI=1S/C22H15BrN6/c23-16-12-10-15(11-13-16)19(14-6-2-1-3-7-14)26-28-22-25-21-20(27-29-22)17-8-4-5-9-18(17)24-21/h1-13H,(H2,24,25,28,29)/b26-19+. The molecule has 6 nitrogen and oxygen atoms in total. The normalized spacial score (nSPS) is 11.8. The van der Waals surface area contributed by atoms with Crippen LogP contribution in [0.4, 0.5) is 5.95 Å². The zero-order valence-electron chi connectivity index (χ0n) is 15.2. The topological polar surface area (TPSA) is 78.8 Å². The molecule has 0 saturated carbocycles. The van der Waals surface area contributed by atoms with Gasteiger partial charge in [-0.05, 0) is 18.2 Å². The number of benzene rings is 3. The number of nitrogens with zero attached hydrogens (tertiary/aromatic N) is 4. The number of hydrogen-bond acceptors (Lipinski definition) is 5. The van der Waals surface area contributed by atoms with Crippen molar-refractivity contribution >= 4 is 49.7 Å². The van der Waals surface area contributed by atoms with Crippen molar-refractivity contribution in [3.05, 3.63) is 94.5 Å². The summed E-state index contributed by atoms with van der Waals surface area (Å²) in [5, 5.41) is 14.1. The lowest BCUT2D eigenvalue weighted by molar-refractivity contribution is 1.01. The minimum Gasteiger partial charge on any atom is -0.338 e. The number of para-hydroxylation sites is 1. The fourth-order valence-corrected chi connectivity index (χ4v) is 3.44. The SMILES string of the molecule is Brc1ccc(/C(=N/Nc2nnc3c(n2)[nH]c2ccccc23)c2ccccc2)cc1. The summed E-state index contributed by atoms with van der Waals surface area (Å²) in [5.74, 6) is 0.328. The third-order valence-electron chi connectivity index (χ3n) is 4.55. The maximum absolute atomic E-state index is 4.60. The first-order chi connectivity index (χ1) is 14.3. The highest BCUT2D eigenvalue weighted by Gasteiger charge is 2.10. The van der Waals surface area contributed by atoms with E-state index in [4.69, 9.17) is 0 Å². The number of nitrogens with one attached hydrogen (secondary N) is 2. The lowest BCUT2D eigenvalue weighted by Crippen LogP contribution is -2.08. The number of aromatic nitrogens is 4. The molecule has 2 heterocycles. The van der Waals surface area contributed by atoms with Crippen LogP contribution in [-0.4, -0.2) is 25.9 Å². The minimum atomic E-state index is 0.328. The Kier molecular flexibility index (Phi) is 4.50. The molecule has 2 N–H and O–H groups in total. The van der Waals surface area contributed by atoms with Gasteiger partial charge < -0.3 is 4.98 Å². The second-order valence-corrected chi connectivity index (χ2v) is 7.36. The molecule has 29 heavy (non-hydrogen) atoms. The molecule has 0 aliphatic carbocycles. The van der Waals surface area contributed by atoms with E-state index in [9.17, 15) is 0 Å². The molecule has 7 heteroatoms. The Morgan fingerprint density at radius 3 is 2.38 bits per heavy atom. The smallest absolute Gasteiger partial charge is 0.265 e. The predicted octanol–water partition coefficient (Wildman–Crippen LogP) is 5.13. The van der Waals surface area contributed by atoms with Gasteiger partial charge in [-0.2, -0.15) is 10.1 Å². The third-order valence-corrected chi connectivity index (χ3v) is 5.08. The molecule has 5 aromatic rings. The van der Waals surface area contributed by atoms with Crippen molar-refractivity contribution in [1.29, 1.82) is 0 Å². The van der Waals surface area contributed by atoms with Crippen molar-refractivity contribution in [1.82, 2.24) is 20.2 Å². The van der Waals surface area contributed by atoms with E-state index in [1.165, 1.54) is 0 Å². The van der Waals surface area contributed by atoms with Gasteiger partial charge in [-0.1, -0.05) is 76.6 Å². The van der Waals surface area contributed by atoms with E-state index < -0.39 is 0 Å². The second-order valence-electron chi connectivity index (χ2n) is 6.45. The summed E-state index contributed by atoms with van der Waals surface area (Å²) >= 11 is 3.48. The van der Waals surface area contributed by atoms with Crippen LogP contribution in [0, 0.1) is 0 Å². The van der Waals surface area contributed by atoms with Crippen LogP contribution in [0.15, 0.2) is 88.4 Å². The van der Waals surface area contributed by atoms with Crippen molar-refractivity contribution < 1.29 is 0 Å². The Balaban J connectivity index is 1.54. The van der Waals surface area contributed by atoms with Gasteiger partial charge in [-0.3, -0.25) is 0 Å². The van der Waals surface area contributed by atoms with Gasteiger partial charge in [0, 0.05) is 26.5 Å². The number of hydrazone groups is 1. The molecule has 0 amide bonds. The summed E-state index contributed by atoms with van der Waals surface area (Å²) in [4.78, 5) is 7.80. The summed E-state index contributed by atoms with van der Waals surface area (Å²) in [6.45, 7) is 0. The number of rotatable bonds is 4. The number of aromatic amines is 1. The fourth-order valence-electron chi connectivity index (χ4n) is 3.17. The molecule has 0 aliphatic heterocycles. The van der Waals surface area contributed by atoms with Gasteiger partial charge >= 0.3 is 0 Å². The van der Waals surface area contributed by atoms with Crippen LogP contribution in [0.3, 0.4) is 0 Å². The first-order valence-corrected chi connectivity index (χ1v) is 9.83. The van der Waals surface area contributed by atoms with E-state index >= 15 is 0 Å². The summed E-state index contributed by atoms with van der Waals surface area (Å²) in [6, 6.07) is 25.9. The Bertz CT molecular complexity index is 1330. The number of anilines is 1. The quantitative estimate of drug-likeness (QED) is 0.298. The maximum atomic E-state index is 4.60. The fraction of sp³-hybridized carbons (Fsp3) is 0.